The van der Waals surface area contributed by atoms with Crippen LogP contribution in [0.1, 0.15) is 18.5 Å². The summed E-state index contributed by atoms with van der Waals surface area (Å²) >= 11 is 5.87. The van der Waals surface area contributed by atoms with E-state index in [2.05, 4.69) is 15.3 Å². The number of aliphatic hydroxyl groups is 1. The van der Waals surface area contributed by atoms with Crippen LogP contribution >= 0.6 is 11.6 Å². The maximum Gasteiger partial charge on any atom is 0.224 e. The summed E-state index contributed by atoms with van der Waals surface area (Å²) in [5.41, 5.74) is 0.560. The van der Waals surface area contributed by atoms with Crippen molar-refractivity contribution in [2.24, 2.45) is 0 Å². The zero-order valence-corrected chi connectivity index (χ0v) is 10.7. The van der Waals surface area contributed by atoms with Crippen LogP contribution in [-0.4, -0.2) is 37.2 Å². The molecule has 1 atom stereocenters. The van der Waals surface area contributed by atoms with Gasteiger partial charge < -0.3 is 10.4 Å². The highest BCUT2D eigenvalue weighted by Crippen LogP contribution is 2.40. The first-order chi connectivity index (χ1) is 8.13. The van der Waals surface area contributed by atoms with E-state index in [4.69, 9.17) is 11.6 Å². The number of anilines is 1. The first-order valence-corrected chi connectivity index (χ1v) is 7.22. The van der Waals surface area contributed by atoms with Crippen molar-refractivity contribution in [3.05, 3.63) is 11.0 Å². The van der Waals surface area contributed by atoms with E-state index in [0.29, 0.717) is 11.6 Å². The number of halogens is 1. The number of aryl methyl sites for hydroxylation is 1. The van der Waals surface area contributed by atoms with Crippen LogP contribution in [0, 0.1) is 0 Å². The Labute approximate surface area is 106 Å². The van der Waals surface area contributed by atoms with E-state index >= 15 is 0 Å². The first kappa shape index (κ1) is 11.4. The molecule has 1 aromatic rings. The fourth-order valence-electron chi connectivity index (χ4n) is 1.99. The van der Waals surface area contributed by atoms with Gasteiger partial charge in [0.2, 0.25) is 16.1 Å². The topological polar surface area (TPSA) is 79.4 Å². The smallest absolute Gasteiger partial charge is 0.224 e. The molecule has 1 aliphatic carbocycles. The summed E-state index contributed by atoms with van der Waals surface area (Å²) in [5.74, 6) is 1.28. The van der Waals surface area contributed by atoms with Gasteiger partial charge in [0.05, 0.1) is 23.6 Å². The Balaban J connectivity index is 2.01. The van der Waals surface area contributed by atoms with Gasteiger partial charge in [-0.25, -0.2) is 9.19 Å². The van der Waals surface area contributed by atoms with Crippen LogP contribution in [0.5, 0.6) is 0 Å². The van der Waals surface area contributed by atoms with Crippen molar-refractivity contribution in [3.8, 4) is 0 Å². The number of aliphatic hydroxyl groups excluding tert-OH is 1. The Kier molecular flexibility index (Phi) is 2.61. The molecule has 2 heterocycles. The van der Waals surface area contributed by atoms with Gasteiger partial charge in [0.25, 0.3) is 0 Å². The number of hydrogen-bond donors (Lipinski definition) is 2. The lowest BCUT2D eigenvalue weighted by Crippen LogP contribution is -2.27. The molecule has 1 unspecified atom stereocenters. The highest BCUT2D eigenvalue weighted by molar-refractivity contribution is 7.85. The van der Waals surface area contributed by atoms with E-state index in [1.165, 1.54) is 0 Å². The maximum absolute atomic E-state index is 9.95. The van der Waals surface area contributed by atoms with Gasteiger partial charge in [-0.1, -0.05) is 0 Å². The summed E-state index contributed by atoms with van der Waals surface area (Å²) in [4.78, 5) is 9.06. The molecule has 0 spiro atoms. The zero-order chi connectivity index (χ0) is 12.0. The van der Waals surface area contributed by atoms with Crippen molar-refractivity contribution in [1.82, 2.24) is 9.97 Å². The van der Waals surface area contributed by atoms with E-state index in [1.54, 1.807) is 0 Å². The fraction of sp³-hybridized carbons (Fsp3) is 0.600. The molecule has 92 valence electrons. The number of fused-ring (bicyclic) bond motifs is 1. The third kappa shape index (κ3) is 1.94. The third-order valence-corrected chi connectivity index (χ3v) is 4.88. The Bertz CT molecular complexity index is 505. The minimum atomic E-state index is -0.804. The van der Waals surface area contributed by atoms with Gasteiger partial charge >= 0.3 is 0 Å². The molecular formula is C10H13ClN3O2S+. The lowest BCUT2D eigenvalue weighted by molar-refractivity contribution is 0.265. The minimum Gasteiger partial charge on any atom is -0.394 e. The molecular weight excluding hydrogens is 262 g/mol. The molecule has 1 aromatic heterocycles. The molecule has 0 bridgehead atoms. The van der Waals surface area contributed by atoms with Crippen molar-refractivity contribution in [3.63, 3.8) is 0 Å². The van der Waals surface area contributed by atoms with Gasteiger partial charge in [0.1, 0.15) is 0 Å². The predicted octanol–water partition coefficient (Wildman–Crippen LogP) is 0.888. The van der Waals surface area contributed by atoms with Gasteiger partial charge in [-0.2, -0.15) is 4.98 Å². The minimum absolute atomic E-state index is 0.0720. The predicted molar refractivity (Wildman–Crippen MR) is 65.9 cm³/mol. The summed E-state index contributed by atoms with van der Waals surface area (Å²) in [7, 11) is -0.804. The summed E-state index contributed by atoms with van der Waals surface area (Å²) in [5, 5.41) is 12.7. The van der Waals surface area contributed by atoms with E-state index in [1.807, 2.05) is 0 Å². The summed E-state index contributed by atoms with van der Waals surface area (Å²) < 4.78 is 9.95. The molecule has 2 aliphatic rings. The standard InChI is InChI=1S/C10H12ClN3O2S/c11-9-12-6-1-4-17(16)7(6)8(13-9)14-10(5-15)2-3-10/h15H,1-5H2,(H,12,13,14)/p+1. The van der Waals surface area contributed by atoms with E-state index in [-0.39, 0.29) is 17.4 Å². The molecule has 1 aliphatic heterocycles. The van der Waals surface area contributed by atoms with Gasteiger partial charge in [0.15, 0.2) is 10.7 Å². The van der Waals surface area contributed by atoms with Gasteiger partial charge in [-0.15, -0.1) is 0 Å². The molecule has 7 heteroatoms. The normalized spacial score (nSPS) is 24.5. The lowest BCUT2D eigenvalue weighted by Gasteiger charge is -2.16. The monoisotopic (exact) mass is 274 g/mol. The fourth-order valence-corrected chi connectivity index (χ4v) is 3.51. The van der Waals surface area contributed by atoms with Gasteiger partial charge in [-0.05, 0) is 24.4 Å². The molecule has 17 heavy (non-hydrogen) atoms. The SMILES string of the molecule is OCC1(Nc2nc(Cl)nc3c2S(=[OH+])CC3)CC1. The van der Waals surface area contributed by atoms with Crippen LogP contribution in [0.25, 0.3) is 0 Å². The Hall–Kier alpha value is -0.720. The van der Waals surface area contributed by atoms with Crippen LogP contribution in [-0.2, 0) is 17.2 Å². The molecule has 0 radical (unpaired) electrons. The van der Waals surface area contributed by atoms with Crippen molar-refractivity contribution in [1.29, 1.82) is 0 Å². The summed E-state index contributed by atoms with van der Waals surface area (Å²) in [6.07, 6.45) is 2.57. The van der Waals surface area contributed by atoms with Gasteiger partial charge in [0, 0.05) is 6.42 Å². The van der Waals surface area contributed by atoms with Crippen molar-refractivity contribution in [2.45, 2.75) is 29.7 Å². The molecule has 1 fully saturated rings. The van der Waals surface area contributed by atoms with Crippen molar-refractivity contribution in [2.75, 3.05) is 17.7 Å². The van der Waals surface area contributed by atoms with Crippen molar-refractivity contribution < 1.29 is 9.32 Å². The quantitative estimate of drug-likeness (QED) is 0.634. The summed E-state index contributed by atoms with van der Waals surface area (Å²) in [6.45, 7) is 0.0720. The Morgan fingerprint density at radius 1 is 1.47 bits per heavy atom. The van der Waals surface area contributed by atoms with E-state index in [0.717, 1.165) is 29.9 Å². The third-order valence-electron chi connectivity index (χ3n) is 3.22. The lowest BCUT2D eigenvalue weighted by atomic mass is 10.2. The molecule has 3 N–H and O–H groups in total. The van der Waals surface area contributed by atoms with Crippen LogP contribution < -0.4 is 5.32 Å². The Morgan fingerprint density at radius 2 is 2.24 bits per heavy atom. The highest BCUT2D eigenvalue weighted by Gasteiger charge is 2.44. The average molecular weight is 275 g/mol. The second-order valence-electron chi connectivity index (χ2n) is 4.50. The number of nitrogens with one attached hydrogen (secondary N) is 1. The second-order valence-corrected chi connectivity index (χ2v) is 6.38. The van der Waals surface area contributed by atoms with Crippen LogP contribution in [0.3, 0.4) is 0 Å². The van der Waals surface area contributed by atoms with E-state index < -0.39 is 10.8 Å². The van der Waals surface area contributed by atoms with Crippen LogP contribution in [0.4, 0.5) is 5.82 Å². The average Bonchev–Trinajstić information content (AvgIpc) is 2.97. The number of hydrogen-bond acceptors (Lipinski definition) is 4. The molecule has 3 rings (SSSR count). The number of nitrogens with zero attached hydrogens (tertiary/aromatic N) is 2. The first-order valence-electron chi connectivity index (χ1n) is 5.49. The largest absolute Gasteiger partial charge is 0.394 e. The van der Waals surface area contributed by atoms with Gasteiger partial charge in [-0.3, -0.25) is 0 Å². The van der Waals surface area contributed by atoms with Crippen LogP contribution in [0.2, 0.25) is 5.28 Å². The molecule has 0 aromatic carbocycles. The zero-order valence-electron chi connectivity index (χ0n) is 9.11. The van der Waals surface area contributed by atoms with Crippen molar-refractivity contribution >= 4 is 28.2 Å². The molecule has 1 saturated carbocycles. The second kappa shape index (κ2) is 3.90. The molecule has 0 amide bonds. The maximum atomic E-state index is 9.95. The van der Waals surface area contributed by atoms with E-state index in [9.17, 15) is 9.32 Å². The summed E-state index contributed by atoms with van der Waals surface area (Å²) in [6, 6.07) is 0. The highest BCUT2D eigenvalue weighted by atomic mass is 35.5. The van der Waals surface area contributed by atoms with Crippen LogP contribution in [0.15, 0.2) is 4.90 Å². The molecule has 5 nitrogen and oxygen atoms in total. The molecule has 0 saturated heterocycles. The Morgan fingerprint density at radius 3 is 2.88 bits per heavy atom. The number of rotatable bonds is 3. The number of aromatic nitrogens is 2.